The number of carbonyl (C=O) groups excluding carboxylic acids is 1. The van der Waals surface area contributed by atoms with Crippen molar-refractivity contribution in [2.45, 2.75) is 39.0 Å². The van der Waals surface area contributed by atoms with Crippen molar-refractivity contribution < 1.29 is 13.2 Å². The van der Waals surface area contributed by atoms with E-state index >= 15 is 0 Å². The maximum absolute atomic E-state index is 12.6. The third-order valence-electron chi connectivity index (χ3n) is 3.63. The fraction of sp³-hybridized carbons (Fsp3) is 0.533. The van der Waals surface area contributed by atoms with Crippen LogP contribution in [0.2, 0.25) is 0 Å². The van der Waals surface area contributed by atoms with E-state index in [4.69, 9.17) is 10.7 Å². The number of hydrogen-bond donors (Lipinski definition) is 0. The second kappa shape index (κ2) is 5.29. The maximum Gasteiger partial charge on any atom is 0.261 e. The van der Waals surface area contributed by atoms with Crippen LogP contribution < -0.4 is 4.90 Å². The molecule has 0 atom stereocenters. The second-order valence-electron chi connectivity index (χ2n) is 6.60. The van der Waals surface area contributed by atoms with Crippen LogP contribution >= 0.6 is 10.7 Å². The van der Waals surface area contributed by atoms with Crippen molar-refractivity contribution in [1.82, 2.24) is 0 Å². The van der Waals surface area contributed by atoms with Crippen LogP contribution in [0.3, 0.4) is 0 Å². The number of rotatable bonds is 3. The lowest BCUT2D eigenvalue weighted by molar-refractivity contribution is -0.127. The van der Waals surface area contributed by atoms with Crippen molar-refractivity contribution >= 4 is 31.3 Å². The first-order chi connectivity index (χ1) is 9.52. The standard InChI is InChI=1S/C15H20ClNO3S/c1-10(2)9-17-13-7-12(21(16,19)20)6-5-11(13)8-15(3,4)14(17)18/h5-7,10H,8-9H2,1-4H3. The van der Waals surface area contributed by atoms with E-state index in [1.54, 1.807) is 11.0 Å². The summed E-state index contributed by atoms with van der Waals surface area (Å²) >= 11 is 0. The van der Waals surface area contributed by atoms with Gasteiger partial charge in [-0.25, -0.2) is 8.42 Å². The maximum atomic E-state index is 12.6. The van der Waals surface area contributed by atoms with Gasteiger partial charge in [0.25, 0.3) is 9.05 Å². The normalized spacial score (nSPS) is 18.0. The van der Waals surface area contributed by atoms with Gasteiger partial charge in [-0.3, -0.25) is 4.79 Å². The smallest absolute Gasteiger partial charge is 0.261 e. The van der Waals surface area contributed by atoms with Gasteiger partial charge in [0, 0.05) is 28.3 Å². The van der Waals surface area contributed by atoms with E-state index in [9.17, 15) is 13.2 Å². The summed E-state index contributed by atoms with van der Waals surface area (Å²) in [4.78, 5) is 14.4. The molecule has 1 amide bonds. The molecule has 0 fully saturated rings. The van der Waals surface area contributed by atoms with Gasteiger partial charge in [0.15, 0.2) is 0 Å². The van der Waals surface area contributed by atoms with E-state index in [1.165, 1.54) is 12.1 Å². The van der Waals surface area contributed by atoms with Crippen LogP contribution in [0.1, 0.15) is 33.3 Å². The van der Waals surface area contributed by atoms with E-state index in [-0.39, 0.29) is 16.7 Å². The number of anilines is 1. The zero-order valence-electron chi connectivity index (χ0n) is 12.7. The molecule has 1 heterocycles. The molecule has 0 saturated carbocycles. The first-order valence-corrected chi connectivity index (χ1v) is 9.23. The van der Waals surface area contributed by atoms with Gasteiger partial charge in [0.05, 0.1) is 4.90 Å². The zero-order valence-corrected chi connectivity index (χ0v) is 14.3. The Morgan fingerprint density at radius 2 is 1.95 bits per heavy atom. The predicted molar refractivity (Wildman–Crippen MR) is 84.2 cm³/mol. The van der Waals surface area contributed by atoms with Gasteiger partial charge in [-0.1, -0.05) is 33.8 Å². The number of fused-ring (bicyclic) bond motifs is 1. The number of amides is 1. The summed E-state index contributed by atoms with van der Waals surface area (Å²) in [6.07, 6.45) is 0.596. The minimum atomic E-state index is -3.80. The Kier molecular flexibility index (Phi) is 4.10. The number of benzene rings is 1. The molecule has 1 aromatic carbocycles. The monoisotopic (exact) mass is 329 g/mol. The molecule has 0 aliphatic carbocycles. The summed E-state index contributed by atoms with van der Waals surface area (Å²) < 4.78 is 23.0. The summed E-state index contributed by atoms with van der Waals surface area (Å²) in [5.74, 6) is 0.305. The molecule has 0 spiro atoms. The summed E-state index contributed by atoms with van der Waals surface area (Å²) in [5, 5.41) is 0. The minimum Gasteiger partial charge on any atom is -0.311 e. The van der Waals surface area contributed by atoms with Crippen LogP contribution in [-0.4, -0.2) is 20.9 Å². The molecule has 116 valence electrons. The van der Waals surface area contributed by atoms with E-state index in [1.807, 2.05) is 27.7 Å². The van der Waals surface area contributed by atoms with Crippen LogP contribution in [0, 0.1) is 11.3 Å². The molecule has 1 aromatic rings. The fourth-order valence-electron chi connectivity index (χ4n) is 2.67. The van der Waals surface area contributed by atoms with Gasteiger partial charge < -0.3 is 4.90 Å². The predicted octanol–water partition coefficient (Wildman–Crippen LogP) is 3.19. The van der Waals surface area contributed by atoms with E-state index in [2.05, 4.69) is 0 Å². The van der Waals surface area contributed by atoms with Crippen LogP contribution in [0.15, 0.2) is 23.1 Å². The fourth-order valence-corrected chi connectivity index (χ4v) is 3.44. The molecule has 0 unspecified atom stereocenters. The van der Waals surface area contributed by atoms with Gasteiger partial charge >= 0.3 is 0 Å². The summed E-state index contributed by atoms with van der Waals surface area (Å²) in [6.45, 7) is 8.43. The quantitative estimate of drug-likeness (QED) is 0.800. The Morgan fingerprint density at radius 3 is 2.48 bits per heavy atom. The molecule has 4 nitrogen and oxygen atoms in total. The highest BCUT2D eigenvalue weighted by atomic mass is 35.7. The average molecular weight is 330 g/mol. The number of halogens is 1. The number of carbonyl (C=O) groups is 1. The Hall–Kier alpha value is -1.07. The number of nitrogens with zero attached hydrogens (tertiary/aromatic N) is 1. The lowest BCUT2D eigenvalue weighted by atomic mass is 9.80. The molecule has 0 bridgehead atoms. The third-order valence-corrected chi connectivity index (χ3v) is 4.98. The van der Waals surface area contributed by atoms with Crippen LogP contribution in [-0.2, 0) is 20.3 Å². The van der Waals surface area contributed by atoms with Crippen molar-refractivity contribution in [3.05, 3.63) is 23.8 Å². The highest BCUT2D eigenvalue weighted by molar-refractivity contribution is 8.13. The summed E-state index contributed by atoms with van der Waals surface area (Å²) in [5.41, 5.74) is 1.16. The van der Waals surface area contributed by atoms with Crippen LogP contribution in [0.25, 0.3) is 0 Å². The first kappa shape index (κ1) is 16.3. The van der Waals surface area contributed by atoms with Crippen molar-refractivity contribution in [3.63, 3.8) is 0 Å². The third kappa shape index (κ3) is 3.24. The SMILES string of the molecule is CC(C)CN1C(=O)C(C)(C)Cc2ccc(S(=O)(=O)Cl)cc21. The highest BCUT2D eigenvalue weighted by Gasteiger charge is 2.39. The number of hydrogen-bond acceptors (Lipinski definition) is 3. The summed E-state index contributed by atoms with van der Waals surface area (Å²) in [6, 6.07) is 4.76. The second-order valence-corrected chi connectivity index (χ2v) is 9.16. The molecule has 1 aliphatic rings. The van der Waals surface area contributed by atoms with E-state index in [0.717, 1.165) is 5.56 Å². The largest absolute Gasteiger partial charge is 0.311 e. The van der Waals surface area contributed by atoms with E-state index < -0.39 is 14.5 Å². The Morgan fingerprint density at radius 1 is 1.33 bits per heavy atom. The molecule has 0 N–H and O–H groups in total. The molecule has 21 heavy (non-hydrogen) atoms. The first-order valence-electron chi connectivity index (χ1n) is 6.92. The van der Waals surface area contributed by atoms with Gasteiger partial charge in [0.1, 0.15) is 0 Å². The molecule has 0 saturated heterocycles. The van der Waals surface area contributed by atoms with Gasteiger partial charge in [-0.05, 0) is 30.0 Å². The molecular formula is C15H20ClNO3S. The Balaban J connectivity index is 2.59. The van der Waals surface area contributed by atoms with Crippen LogP contribution in [0.5, 0.6) is 0 Å². The molecule has 6 heteroatoms. The van der Waals surface area contributed by atoms with Crippen molar-refractivity contribution in [2.75, 3.05) is 11.4 Å². The average Bonchev–Trinajstić information content (AvgIpc) is 2.32. The van der Waals surface area contributed by atoms with Gasteiger partial charge in [-0.2, -0.15) is 0 Å². The molecule has 0 aromatic heterocycles. The van der Waals surface area contributed by atoms with E-state index in [0.29, 0.717) is 18.7 Å². The molecule has 0 radical (unpaired) electrons. The van der Waals surface area contributed by atoms with Gasteiger partial charge in [-0.15, -0.1) is 0 Å². The van der Waals surface area contributed by atoms with Gasteiger partial charge in [0.2, 0.25) is 5.91 Å². The Bertz CT molecular complexity index is 680. The molecular weight excluding hydrogens is 310 g/mol. The lowest BCUT2D eigenvalue weighted by Gasteiger charge is -2.39. The topological polar surface area (TPSA) is 54.5 Å². The zero-order chi connectivity index (χ0) is 16.0. The minimum absolute atomic E-state index is 0.0211. The van der Waals surface area contributed by atoms with Crippen molar-refractivity contribution in [3.8, 4) is 0 Å². The lowest BCUT2D eigenvalue weighted by Crippen LogP contribution is -2.47. The Labute approximate surface area is 130 Å². The van der Waals surface area contributed by atoms with Crippen molar-refractivity contribution in [2.24, 2.45) is 11.3 Å². The van der Waals surface area contributed by atoms with Crippen LogP contribution in [0.4, 0.5) is 5.69 Å². The molecule has 1 aliphatic heterocycles. The van der Waals surface area contributed by atoms with Crippen molar-refractivity contribution in [1.29, 1.82) is 0 Å². The molecule has 2 rings (SSSR count). The highest BCUT2D eigenvalue weighted by Crippen LogP contribution is 2.39. The summed E-state index contributed by atoms with van der Waals surface area (Å²) in [7, 11) is 1.62.